The molecular weight excluding hydrogens is 423 g/mol. The van der Waals surface area contributed by atoms with Crippen LogP contribution in [0.5, 0.6) is 5.75 Å². The van der Waals surface area contributed by atoms with Crippen LogP contribution < -0.4 is 21.2 Å². The van der Waals surface area contributed by atoms with Crippen LogP contribution in [0.15, 0.2) is 35.5 Å². The zero-order chi connectivity index (χ0) is 23.2. The van der Waals surface area contributed by atoms with Crippen molar-refractivity contribution in [3.63, 3.8) is 0 Å². The van der Waals surface area contributed by atoms with Crippen molar-refractivity contribution in [2.75, 3.05) is 24.2 Å². The second-order valence-corrected chi connectivity index (χ2v) is 9.06. The number of anilines is 2. The number of ketones is 1. The molecule has 0 atom stereocenters. The first-order valence-electron chi connectivity index (χ1n) is 11.4. The molecule has 3 heterocycles. The van der Waals surface area contributed by atoms with Crippen molar-refractivity contribution >= 4 is 28.1 Å². The van der Waals surface area contributed by atoms with Crippen molar-refractivity contribution in [3.8, 4) is 5.75 Å². The molecule has 1 aromatic carbocycles. The Hall–Kier alpha value is -3.42. The monoisotopic (exact) mass is 450 g/mol. The van der Waals surface area contributed by atoms with Crippen LogP contribution in [0.1, 0.15) is 54.9 Å². The van der Waals surface area contributed by atoms with E-state index in [1.54, 1.807) is 18.6 Å². The van der Waals surface area contributed by atoms with Gasteiger partial charge in [0.1, 0.15) is 12.3 Å². The Labute approximate surface area is 190 Å². The molecule has 7 nitrogen and oxygen atoms in total. The van der Waals surface area contributed by atoms with Gasteiger partial charge in [0.2, 0.25) is 5.43 Å². The van der Waals surface area contributed by atoms with E-state index >= 15 is 4.39 Å². The first-order valence-corrected chi connectivity index (χ1v) is 11.4. The standard InChI is InChI=1S/C25H27FN4O3/c1-15(31)17-13-30-22-18(23(17)32)20(27)19(26)21(24(22)33-14-25(30)8-2-3-9-25)29-10-4-5-16-6-11-28-12-7-16/h6-7,11-13,29H,2-5,8-10,14,27H2,1H3. The molecule has 33 heavy (non-hydrogen) atoms. The smallest absolute Gasteiger partial charge is 0.202 e. The van der Waals surface area contributed by atoms with Gasteiger partial charge in [0.25, 0.3) is 0 Å². The SMILES string of the molecule is CC(=O)c1cn2c3c(c(NCCCc4ccncc4)c(F)c(N)c3c1=O)OCC21CCCC1. The second-order valence-electron chi connectivity index (χ2n) is 9.06. The second kappa shape index (κ2) is 8.17. The van der Waals surface area contributed by atoms with E-state index in [0.717, 1.165) is 44.1 Å². The van der Waals surface area contributed by atoms with Crippen molar-refractivity contribution in [3.05, 3.63) is 57.9 Å². The van der Waals surface area contributed by atoms with Gasteiger partial charge >= 0.3 is 0 Å². The van der Waals surface area contributed by atoms with Crippen molar-refractivity contribution in [1.82, 2.24) is 9.55 Å². The number of carbonyl (C=O) groups is 1. The molecule has 0 radical (unpaired) electrons. The number of hydrogen-bond acceptors (Lipinski definition) is 6. The summed E-state index contributed by atoms with van der Waals surface area (Å²) in [6.07, 6.45) is 10.5. The molecule has 1 saturated carbocycles. The molecule has 3 N–H and O–H groups in total. The maximum Gasteiger partial charge on any atom is 0.202 e. The highest BCUT2D eigenvalue weighted by atomic mass is 19.1. The highest BCUT2D eigenvalue weighted by Crippen LogP contribution is 2.48. The van der Waals surface area contributed by atoms with Crippen LogP contribution in [0.4, 0.5) is 15.8 Å². The van der Waals surface area contributed by atoms with Gasteiger partial charge in [-0.25, -0.2) is 4.39 Å². The van der Waals surface area contributed by atoms with Crippen LogP contribution in [0, 0.1) is 5.82 Å². The van der Waals surface area contributed by atoms with Gasteiger partial charge in [0.05, 0.1) is 27.7 Å². The van der Waals surface area contributed by atoms with E-state index in [1.165, 1.54) is 6.92 Å². The molecule has 2 aromatic heterocycles. The van der Waals surface area contributed by atoms with Crippen LogP contribution >= 0.6 is 0 Å². The molecule has 2 aliphatic rings. The van der Waals surface area contributed by atoms with E-state index in [9.17, 15) is 9.59 Å². The number of aromatic nitrogens is 2. The summed E-state index contributed by atoms with van der Waals surface area (Å²) >= 11 is 0. The molecule has 8 heteroatoms. The summed E-state index contributed by atoms with van der Waals surface area (Å²) in [6, 6.07) is 3.90. The van der Waals surface area contributed by atoms with Crippen LogP contribution in [-0.2, 0) is 12.0 Å². The summed E-state index contributed by atoms with van der Waals surface area (Å²) in [5.74, 6) is -0.775. The third-order valence-electron chi connectivity index (χ3n) is 6.98. The van der Waals surface area contributed by atoms with E-state index in [-0.39, 0.29) is 33.6 Å². The number of Topliss-reactive ketones (excluding diaryl/α,β-unsaturated/α-hetero) is 1. The van der Waals surface area contributed by atoms with Crippen molar-refractivity contribution < 1.29 is 13.9 Å². The van der Waals surface area contributed by atoms with Crippen LogP contribution in [-0.4, -0.2) is 28.5 Å². The molecule has 0 saturated heterocycles. The number of rotatable bonds is 6. The summed E-state index contributed by atoms with van der Waals surface area (Å²) < 4.78 is 23.6. The number of benzene rings is 1. The minimum atomic E-state index is -0.715. The quantitative estimate of drug-likeness (QED) is 0.334. The highest BCUT2D eigenvalue weighted by Gasteiger charge is 2.42. The molecule has 1 aliphatic carbocycles. The minimum absolute atomic E-state index is 0.0310. The number of halogens is 1. The molecule has 3 aromatic rings. The fraction of sp³-hybridized carbons (Fsp3) is 0.400. The number of fused-ring (bicyclic) bond motifs is 1. The number of nitrogen functional groups attached to an aromatic ring is 1. The Balaban J connectivity index is 1.60. The number of carbonyl (C=O) groups excluding carboxylic acids is 1. The van der Waals surface area contributed by atoms with Crippen LogP contribution in [0.3, 0.4) is 0 Å². The molecule has 1 fully saturated rings. The van der Waals surface area contributed by atoms with Gasteiger partial charge in [-0.3, -0.25) is 14.6 Å². The Morgan fingerprint density at radius 3 is 2.73 bits per heavy atom. The summed E-state index contributed by atoms with van der Waals surface area (Å²) in [5.41, 5.74) is 6.87. The van der Waals surface area contributed by atoms with E-state index in [1.807, 2.05) is 16.7 Å². The van der Waals surface area contributed by atoms with Gasteiger partial charge < -0.3 is 20.4 Å². The largest absolute Gasteiger partial charge is 0.487 e. The number of pyridine rings is 2. The molecule has 1 aliphatic heterocycles. The van der Waals surface area contributed by atoms with Crippen molar-refractivity contribution in [2.45, 2.75) is 51.0 Å². The molecule has 0 bridgehead atoms. The fourth-order valence-electron chi connectivity index (χ4n) is 5.22. The highest BCUT2D eigenvalue weighted by molar-refractivity contribution is 6.04. The molecule has 5 rings (SSSR count). The van der Waals surface area contributed by atoms with Crippen molar-refractivity contribution in [1.29, 1.82) is 0 Å². The third kappa shape index (κ3) is 3.44. The molecule has 1 spiro atoms. The molecule has 0 amide bonds. The van der Waals surface area contributed by atoms with Crippen molar-refractivity contribution in [2.24, 2.45) is 0 Å². The number of nitrogens with two attached hydrogens (primary N) is 1. The fourth-order valence-corrected chi connectivity index (χ4v) is 5.22. The first-order chi connectivity index (χ1) is 15.9. The lowest BCUT2D eigenvalue weighted by molar-refractivity contribution is 0.101. The normalized spacial score (nSPS) is 16.2. The lowest BCUT2D eigenvalue weighted by Gasteiger charge is -2.39. The minimum Gasteiger partial charge on any atom is -0.487 e. The van der Waals surface area contributed by atoms with Gasteiger partial charge in [-0.1, -0.05) is 12.8 Å². The van der Waals surface area contributed by atoms with Crippen LogP contribution in [0.2, 0.25) is 0 Å². The zero-order valence-corrected chi connectivity index (χ0v) is 18.6. The number of hydrogen-bond donors (Lipinski definition) is 2. The molecular formula is C25H27FN4O3. The lowest BCUT2D eigenvalue weighted by atomic mass is 9.93. The summed E-state index contributed by atoms with van der Waals surface area (Å²) in [7, 11) is 0. The maximum absolute atomic E-state index is 15.5. The average Bonchev–Trinajstić information content (AvgIpc) is 3.28. The van der Waals surface area contributed by atoms with E-state index < -0.39 is 11.2 Å². The maximum atomic E-state index is 15.5. The zero-order valence-electron chi connectivity index (χ0n) is 18.6. The topological polar surface area (TPSA) is 99.2 Å². The van der Waals surface area contributed by atoms with E-state index in [0.29, 0.717) is 24.4 Å². The number of nitrogens with one attached hydrogen (secondary N) is 1. The number of ether oxygens (including phenoxy) is 1. The Morgan fingerprint density at radius 2 is 2.03 bits per heavy atom. The van der Waals surface area contributed by atoms with Gasteiger partial charge in [0, 0.05) is 25.1 Å². The van der Waals surface area contributed by atoms with Gasteiger partial charge in [0.15, 0.2) is 17.3 Å². The average molecular weight is 451 g/mol. The Morgan fingerprint density at radius 1 is 1.30 bits per heavy atom. The van der Waals surface area contributed by atoms with Crippen LogP contribution in [0.25, 0.3) is 10.9 Å². The number of nitrogens with zero attached hydrogens (tertiary/aromatic N) is 2. The molecule has 172 valence electrons. The predicted molar refractivity (Wildman–Crippen MR) is 126 cm³/mol. The predicted octanol–water partition coefficient (Wildman–Crippen LogP) is 4.03. The van der Waals surface area contributed by atoms with Gasteiger partial charge in [-0.2, -0.15) is 0 Å². The number of aryl methyl sites for hydroxylation is 1. The first kappa shape index (κ1) is 21.4. The third-order valence-corrected chi connectivity index (χ3v) is 6.98. The summed E-state index contributed by atoms with van der Waals surface area (Å²) in [5, 5.41) is 3.19. The summed E-state index contributed by atoms with van der Waals surface area (Å²) in [4.78, 5) is 29.4. The Bertz CT molecular complexity index is 1300. The van der Waals surface area contributed by atoms with E-state index in [4.69, 9.17) is 10.5 Å². The van der Waals surface area contributed by atoms with E-state index in [2.05, 4.69) is 10.3 Å². The van der Waals surface area contributed by atoms with Gasteiger partial charge in [-0.15, -0.1) is 0 Å². The van der Waals surface area contributed by atoms with Gasteiger partial charge in [-0.05, 0) is 50.3 Å². The Kier molecular flexibility index (Phi) is 5.31. The lowest BCUT2D eigenvalue weighted by Crippen LogP contribution is -2.42. The summed E-state index contributed by atoms with van der Waals surface area (Å²) in [6.45, 7) is 2.22. The molecule has 0 unspecified atom stereocenters.